The minimum Gasteiger partial charge on any atom is -0.322 e. The lowest BCUT2D eigenvalue weighted by atomic mass is 10.2. The Morgan fingerprint density at radius 1 is 0.879 bits per heavy atom. The van der Waals surface area contributed by atoms with Gasteiger partial charge in [-0.05, 0) is 60.7 Å². The van der Waals surface area contributed by atoms with E-state index in [-0.39, 0.29) is 11.4 Å². The molecule has 2 N–H and O–H groups in total. The second-order valence-corrected chi connectivity index (χ2v) is 10.7. The summed E-state index contributed by atoms with van der Waals surface area (Å²) in [7, 11) is -7.25. The molecule has 0 aliphatic heterocycles. The molecule has 1 amide bonds. The lowest BCUT2D eigenvalue weighted by Gasteiger charge is -2.20. The van der Waals surface area contributed by atoms with Gasteiger partial charge in [-0.15, -0.1) is 6.58 Å². The molecule has 0 atom stereocenters. The summed E-state index contributed by atoms with van der Waals surface area (Å²) in [5, 5.41) is 2.69. The van der Waals surface area contributed by atoms with Gasteiger partial charge in [0.1, 0.15) is 0 Å². The zero-order valence-corrected chi connectivity index (χ0v) is 19.4. The van der Waals surface area contributed by atoms with Gasteiger partial charge in [-0.3, -0.25) is 13.8 Å². The maximum Gasteiger partial charge on any atom is 0.261 e. The van der Waals surface area contributed by atoms with Crippen LogP contribution in [0.15, 0.2) is 96.4 Å². The van der Waals surface area contributed by atoms with Crippen LogP contribution in [0, 0.1) is 0 Å². The molecule has 3 aromatic rings. The Balaban J connectivity index is 1.70. The maximum absolute atomic E-state index is 12.6. The Kier molecular flexibility index (Phi) is 7.19. The molecule has 0 aromatic heterocycles. The van der Waals surface area contributed by atoms with Crippen molar-refractivity contribution < 1.29 is 21.6 Å². The average molecular weight is 486 g/mol. The SMILES string of the molecule is C=CCN(c1ccc(C(=O)Nc2ccc(S(=O)(=O)Nc3ccccc3)cc2)cc1)S(C)(=O)=O. The highest BCUT2D eigenvalue weighted by Gasteiger charge is 2.17. The van der Waals surface area contributed by atoms with Gasteiger partial charge in [0.2, 0.25) is 10.0 Å². The predicted molar refractivity (Wildman–Crippen MR) is 130 cm³/mol. The van der Waals surface area contributed by atoms with Crippen molar-refractivity contribution in [1.82, 2.24) is 0 Å². The molecule has 0 heterocycles. The minimum atomic E-state index is -3.76. The maximum atomic E-state index is 12.6. The average Bonchev–Trinajstić information content (AvgIpc) is 2.77. The topological polar surface area (TPSA) is 113 Å². The van der Waals surface area contributed by atoms with Crippen molar-refractivity contribution in [3.63, 3.8) is 0 Å². The molecule has 3 aromatic carbocycles. The molecule has 0 unspecified atom stereocenters. The predicted octanol–water partition coefficient (Wildman–Crippen LogP) is 3.69. The van der Waals surface area contributed by atoms with Crippen LogP contribution in [-0.2, 0) is 20.0 Å². The highest BCUT2D eigenvalue weighted by atomic mass is 32.2. The smallest absolute Gasteiger partial charge is 0.261 e. The first kappa shape index (κ1) is 24.0. The summed E-state index contributed by atoms with van der Waals surface area (Å²) < 4.78 is 52.5. The summed E-state index contributed by atoms with van der Waals surface area (Å²) >= 11 is 0. The molecule has 33 heavy (non-hydrogen) atoms. The zero-order valence-electron chi connectivity index (χ0n) is 17.8. The van der Waals surface area contributed by atoms with E-state index in [2.05, 4.69) is 16.6 Å². The Hall–Kier alpha value is -3.63. The number of benzene rings is 3. The number of carbonyl (C=O) groups is 1. The minimum absolute atomic E-state index is 0.0526. The Morgan fingerprint density at radius 3 is 2.03 bits per heavy atom. The van der Waals surface area contributed by atoms with E-state index in [1.165, 1.54) is 58.9 Å². The molecule has 0 aliphatic rings. The standard InChI is InChI=1S/C23H23N3O5S2/c1-3-17-26(32(2,28)29)21-13-9-18(10-14-21)23(27)24-19-11-15-22(16-12-19)33(30,31)25-20-7-5-4-6-8-20/h3-16,25H,1,17H2,2H3,(H,24,27). The summed E-state index contributed by atoms with van der Waals surface area (Å²) in [4.78, 5) is 12.6. The number of amides is 1. The van der Waals surface area contributed by atoms with Crippen molar-refractivity contribution in [3.8, 4) is 0 Å². The van der Waals surface area contributed by atoms with Gasteiger partial charge >= 0.3 is 0 Å². The van der Waals surface area contributed by atoms with E-state index in [0.29, 0.717) is 22.6 Å². The van der Waals surface area contributed by atoms with E-state index in [0.717, 1.165) is 6.26 Å². The van der Waals surface area contributed by atoms with Crippen molar-refractivity contribution in [2.75, 3.05) is 27.1 Å². The summed E-state index contributed by atoms with van der Waals surface area (Å²) in [6, 6.07) is 20.4. The van der Waals surface area contributed by atoms with Gasteiger partial charge in [-0.25, -0.2) is 16.8 Å². The van der Waals surface area contributed by atoms with Crippen LogP contribution in [0.4, 0.5) is 17.1 Å². The number of carbonyl (C=O) groups excluding carboxylic acids is 1. The van der Waals surface area contributed by atoms with Gasteiger partial charge in [0, 0.05) is 16.9 Å². The number of nitrogens with zero attached hydrogens (tertiary/aromatic N) is 1. The van der Waals surface area contributed by atoms with Crippen LogP contribution in [0.5, 0.6) is 0 Å². The third-order valence-corrected chi connectivity index (χ3v) is 7.12. The fourth-order valence-corrected chi connectivity index (χ4v) is 4.91. The van der Waals surface area contributed by atoms with Gasteiger partial charge in [0.05, 0.1) is 23.4 Å². The molecule has 0 fully saturated rings. The fourth-order valence-electron chi connectivity index (χ4n) is 2.97. The zero-order chi connectivity index (χ0) is 24.1. The van der Waals surface area contributed by atoms with E-state index < -0.39 is 26.0 Å². The lowest BCUT2D eigenvalue weighted by Crippen LogP contribution is -2.29. The third kappa shape index (κ3) is 6.21. The first-order valence-electron chi connectivity index (χ1n) is 9.78. The number of para-hydroxylation sites is 1. The molecule has 0 saturated heterocycles. The number of rotatable bonds is 9. The molecule has 0 aliphatic carbocycles. The summed E-state index contributed by atoms with van der Waals surface area (Å²) in [6.07, 6.45) is 2.57. The summed E-state index contributed by atoms with van der Waals surface area (Å²) in [5.41, 5.74) is 1.58. The van der Waals surface area contributed by atoms with Crippen LogP contribution >= 0.6 is 0 Å². The number of anilines is 3. The van der Waals surface area contributed by atoms with Gasteiger partial charge < -0.3 is 5.32 Å². The molecule has 3 rings (SSSR count). The molecule has 10 heteroatoms. The Bertz CT molecular complexity index is 1340. The summed E-state index contributed by atoms with van der Waals surface area (Å²) in [5.74, 6) is -0.422. The molecule has 0 saturated carbocycles. The van der Waals surface area contributed by atoms with Crippen molar-refractivity contribution in [1.29, 1.82) is 0 Å². The van der Waals surface area contributed by atoms with Crippen LogP contribution in [-0.4, -0.2) is 35.5 Å². The van der Waals surface area contributed by atoms with Gasteiger partial charge in [-0.2, -0.15) is 0 Å². The Morgan fingerprint density at radius 2 is 1.48 bits per heavy atom. The summed E-state index contributed by atoms with van der Waals surface area (Å²) in [6.45, 7) is 3.67. The normalized spacial score (nSPS) is 11.4. The van der Waals surface area contributed by atoms with Gasteiger partial charge in [0.25, 0.3) is 15.9 Å². The highest BCUT2D eigenvalue weighted by Crippen LogP contribution is 2.21. The van der Waals surface area contributed by atoms with Gasteiger partial charge in [-0.1, -0.05) is 24.3 Å². The fraction of sp³-hybridized carbons (Fsp3) is 0.0870. The monoisotopic (exact) mass is 485 g/mol. The van der Waals surface area contributed by atoms with Crippen LogP contribution in [0.2, 0.25) is 0 Å². The quantitative estimate of drug-likeness (QED) is 0.449. The van der Waals surface area contributed by atoms with E-state index >= 15 is 0 Å². The first-order valence-corrected chi connectivity index (χ1v) is 13.1. The van der Waals surface area contributed by atoms with E-state index in [1.54, 1.807) is 30.3 Å². The van der Waals surface area contributed by atoms with Crippen LogP contribution < -0.4 is 14.3 Å². The molecular weight excluding hydrogens is 462 g/mol. The second kappa shape index (κ2) is 9.88. The van der Waals surface area contributed by atoms with E-state index in [1.807, 2.05) is 0 Å². The molecule has 172 valence electrons. The second-order valence-electron chi connectivity index (χ2n) is 7.08. The highest BCUT2D eigenvalue weighted by molar-refractivity contribution is 7.92. The molecule has 0 spiro atoms. The van der Waals surface area contributed by atoms with Crippen molar-refractivity contribution in [2.24, 2.45) is 0 Å². The molecule has 8 nitrogen and oxygen atoms in total. The lowest BCUT2D eigenvalue weighted by molar-refractivity contribution is 0.102. The van der Waals surface area contributed by atoms with Crippen LogP contribution in [0.3, 0.4) is 0 Å². The third-order valence-electron chi connectivity index (χ3n) is 4.56. The largest absolute Gasteiger partial charge is 0.322 e. The van der Waals surface area contributed by atoms with Gasteiger partial charge in [0.15, 0.2) is 0 Å². The van der Waals surface area contributed by atoms with Crippen molar-refractivity contribution in [2.45, 2.75) is 4.90 Å². The molecule has 0 radical (unpaired) electrons. The van der Waals surface area contributed by atoms with E-state index in [4.69, 9.17) is 0 Å². The number of hydrogen-bond acceptors (Lipinski definition) is 5. The van der Waals surface area contributed by atoms with Crippen LogP contribution in [0.1, 0.15) is 10.4 Å². The number of hydrogen-bond donors (Lipinski definition) is 2. The van der Waals surface area contributed by atoms with Crippen LogP contribution in [0.25, 0.3) is 0 Å². The number of nitrogens with one attached hydrogen (secondary N) is 2. The number of sulfonamides is 2. The molecule has 0 bridgehead atoms. The van der Waals surface area contributed by atoms with E-state index in [9.17, 15) is 21.6 Å². The Labute approximate surface area is 193 Å². The first-order chi connectivity index (χ1) is 15.6. The van der Waals surface area contributed by atoms with Crippen molar-refractivity contribution >= 4 is 43.0 Å². The molecular formula is C23H23N3O5S2. The van der Waals surface area contributed by atoms with Crippen molar-refractivity contribution in [3.05, 3.63) is 97.1 Å².